The second kappa shape index (κ2) is 4.23. The molecule has 0 atom stereocenters. The second-order valence-electron chi connectivity index (χ2n) is 2.74. The molecule has 1 rings (SSSR count). The summed E-state index contributed by atoms with van der Waals surface area (Å²) in [5.74, 6) is -1.28. The fraction of sp³-hybridized carbons (Fsp3) is 0.250. The minimum atomic E-state index is -0.739. The van der Waals surface area contributed by atoms with Crippen molar-refractivity contribution in [2.45, 2.75) is 0 Å². The van der Waals surface area contributed by atoms with E-state index in [1.165, 1.54) is 17.9 Å². The zero-order chi connectivity index (χ0) is 11.4. The summed E-state index contributed by atoms with van der Waals surface area (Å²) in [6, 6.07) is 1.75. The molecule has 0 fully saturated rings. The van der Waals surface area contributed by atoms with Crippen molar-refractivity contribution in [3.63, 3.8) is 0 Å². The molecule has 0 aliphatic heterocycles. The van der Waals surface area contributed by atoms with Crippen molar-refractivity contribution in [3.05, 3.63) is 17.5 Å². The van der Waals surface area contributed by atoms with Crippen LogP contribution in [0.3, 0.4) is 0 Å². The minimum absolute atomic E-state index is 0.0189. The van der Waals surface area contributed by atoms with Crippen LogP contribution in [-0.2, 0) is 7.05 Å². The number of hydrogen-bond donors (Lipinski definition) is 2. The molecular formula is C8H9N5O2. The summed E-state index contributed by atoms with van der Waals surface area (Å²) in [6.07, 6.45) is 1.23. The number of nitrogens with zero attached hydrogens (tertiary/aromatic N) is 3. The van der Waals surface area contributed by atoms with Crippen molar-refractivity contribution in [1.82, 2.24) is 15.1 Å². The van der Waals surface area contributed by atoms with Gasteiger partial charge in [-0.3, -0.25) is 14.3 Å². The highest BCUT2D eigenvalue weighted by atomic mass is 16.2. The van der Waals surface area contributed by atoms with Gasteiger partial charge < -0.3 is 11.1 Å². The van der Waals surface area contributed by atoms with Gasteiger partial charge in [-0.1, -0.05) is 0 Å². The Morgan fingerprint density at radius 2 is 2.40 bits per heavy atom. The topological polar surface area (TPSA) is 114 Å². The number of aryl methyl sites for hydroxylation is 1. The van der Waals surface area contributed by atoms with Crippen LogP contribution in [0.1, 0.15) is 20.8 Å². The van der Waals surface area contributed by atoms with E-state index >= 15 is 0 Å². The van der Waals surface area contributed by atoms with Crippen LogP contribution in [-0.4, -0.2) is 28.1 Å². The first-order chi connectivity index (χ1) is 7.07. The van der Waals surface area contributed by atoms with Crippen molar-refractivity contribution in [2.75, 3.05) is 6.54 Å². The van der Waals surface area contributed by atoms with Gasteiger partial charge in [-0.25, -0.2) is 0 Å². The largest absolute Gasteiger partial charge is 0.364 e. The lowest BCUT2D eigenvalue weighted by Crippen LogP contribution is -2.27. The Morgan fingerprint density at radius 1 is 1.73 bits per heavy atom. The summed E-state index contributed by atoms with van der Waals surface area (Å²) in [7, 11) is 1.50. The van der Waals surface area contributed by atoms with E-state index in [2.05, 4.69) is 10.4 Å². The SMILES string of the molecule is Cn1ncc(C(=O)NCC#N)c1C(N)=O. The third kappa shape index (κ3) is 2.11. The highest BCUT2D eigenvalue weighted by Gasteiger charge is 2.19. The van der Waals surface area contributed by atoms with Crippen molar-refractivity contribution in [3.8, 4) is 6.07 Å². The molecular weight excluding hydrogens is 198 g/mol. The van der Waals surface area contributed by atoms with Gasteiger partial charge in [0.05, 0.1) is 17.8 Å². The van der Waals surface area contributed by atoms with E-state index in [1.807, 2.05) is 0 Å². The average molecular weight is 207 g/mol. The Hall–Kier alpha value is -2.36. The third-order valence-electron chi connectivity index (χ3n) is 1.74. The summed E-state index contributed by atoms with van der Waals surface area (Å²) in [6.45, 7) is -0.133. The molecule has 15 heavy (non-hydrogen) atoms. The summed E-state index contributed by atoms with van der Waals surface area (Å²) in [4.78, 5) is 22.4. The van der Waals surface area contributed by atoms with E-state index in [0.717, 1.165) is 0 Å². The fourth-order valence-corrected chi connectivity index (χ4v) is 1.11. The zero-order valence-corrected chi connectivity index (χ0v) is 8.02. The van der Waals surface area contributed by atoms with Gasteiger partial charge in [-0.2, -0.15) is 10.4 Å². The molecule has 0 aliphatic rings. The number of hydrogen-bond acceptors (Lipinski definition) is 4. The molecule has 0 saturated heterocycles. The van der Waals surface area contributed by atoms with Gasteiger partial charge >= 0.3 is 0 Å². The standard InChI is InChI=1S/C8H9N5O2/c1-13-6(7(10)14)5(4-12-13)8(15)11-3-2-9/h4H,3H2,1H3,(H2,10,14)(H,11,15). The summed E-state index contributed by atoms with van der Waals surface area (Å²) < 4.78 is 1.21. The lowest BCUT2D eigenvalue weighted by molar-refractivity contribution is 0.0937. The second-order valence-corrected chi connectivity index (χ2v) is 2.74. The van der Waals surface area contributed by atoms with Crippen LogP contribution in [0.15, 0.2) is 6.20 Å². The third-order valence-corrected chi connectivity index (χ3v) is 1.74. The Balaban J connectivity index is 3.00. The molecule has 1 heterocycles. The predicted octanol–water partition coefficient (Wildman–Crippen LogP) is -1.23. The van der Waals surface area contributed by atoms with E-state index in [4.69, 9.17) is 11.0 Å². The normalized spacial score (nSPS) is 9.33. The molecule has 0 radical (unpaired) electrons. The zero-order valence-electron chi connectivity index (χ0n) is 8.02. The number of aromatic nitrogens is 2. The van der Waals surface area contributed by atoms with Crippen LogP contribution < -0.4 is 11.1 Å². The van der Waals surface area contributed by atoms with Crippen molar-refractivity contribution in [1.29, 1.82) is 5.26 Å². The van der Waals surface area contributed by atoms with Gasteiger partial charge in [0, 0.05) is 7.05 Å². The van der Waals surface area contributed by atoms with E-state index in [1.54, 1.807) is 6.07 Å². The molecule has 78 valence electrons. The first kappa shape index (κ1) is 10.7. The highest BCUT2D eigenvalue weighted by molar-refractivity contribution is 6.05. The molecule has 0 aliphatic carbocycles. The average Bonchev–Trinajstić information content (AvgIpc) is 2.56. The van der Waals surface area contributed by atoms with Gasteiger partial charge in [0.2, 0.25) is 0 Å². The number of carbonyl (C=O) groups excluding carboxylic acids is 2. The van der Waals surface area contributed by atoms with E-state index in [-0.39, 0.29) is 17.8 Å². The van der Waals surface area contributed by atoms with Gasteiger partial charge in [0.1, 0.15) is 12.2 Å². The van der Waals surface area contributed by atoms with Gasteiger partial charge in [-0.05, 0) is 0 Å². The van der Waals surface area contributed by atoms with Crippen LogP contribution in [0, 0.1) is 11.3 Å². The maximum absolute atomic E-state index is 11.4. The minimum Gasteiger partial charge on any atom is -0.364 e. The summed E-state index contributed by atoms with van der Waals surface area (Å²) in [5.41, 5.74) is 5.17. The predicted molar refractivity (Wildman–Crippen MR) is 49.7 cm³/mol. The van der Waals surface area contributed by atoms with E-state index in [0.29, 0.717) is 0 Å². The molecule has 0 aromatic carbocycles. The monoisotopic (exact) mass is 207 g/mol. The van der Waals surface area contributed by atoms with Gasteiger partial charge in [0.15, 0.2) is 0 Å². The summed E-state index contributed by atoms with van der Waals surface area (Å²) >= 11 is 0. The lowest BCUT2D eigenvalue weighted by atomic mass is 10.2. The maximum atomic E-state index is 11.4. The molecule has 0 bridgehead atoms. The Bertz CT molecular complexity index is 442. The molecule has 0 saturated carbocycles. The Kier molecular flexibility index (Phi) is 3.03. The van der Waals surface area contributed by atoms with Crippen LogP contribution in [0.4, 0.5) is 0 Å². The first-order valence-corrected chi connectivity index (χ1v) is 4.05. The van der Waals surface area contributed by atoms with Crippen LogP contribution in [0.5, 0.6) is 0 Å². The van der Waals surface area contributed by atoms with Crippen LogP contribution in [0.2, 0.25) is 0 Å². The smallest absolute Gasteiger partial charge is 0.267 e. The number of nitriles is 1. The first-order valence-electron chi connectivity index (χ1n) is 4.05. The van der Waals surface area contributed by atoms with Crippen LogP contribution >= 0.6 is 0 Å². The summed E-state index contributed by atoms with van der Waals surface area (Å²) in [5, 5.41) is 14.3. The molecule has 3 N–H and O–H groups in total. The molecule has 0 spiro atoms. The quantitative estimate of drug-likeness (QED) is 0.604. The molecule has 0 unspecified atom stereocenters. The van der Waals surface area contributed by atoms with Gasteiger partial charge in [-0.15, -0.1) is 0 Å². The van der Waals surface area contributed by atoms with Gasteiger partial charge in [0.25, 0.3) is 11.8 Å². The fourth-order valence-electron chi connectivity index (χ4n) is 1.11. The Labute approximate surface area is 85.5 Å². The van der Waals surface area contributed by atoms with E-state index < -0.39 is 11.8 Å². The molecule has 2 amide bonds. The number of carbonyl (C=O) groups is 2. The number of primary amides is 1. The van der Waals surface area contributed by atoms with Crippen molar-refractivity contribution in [2.24, 2.45) is 12.8 Å². The number of nitrogens with two attached hydrogens (primary N) is 1. The molecule has 1 aromatic heterocycles. The number of amides is 2. The number of rotatable bonds is 3. The Morgan fingerprint density at radius 3 is 2.93 bits per heavy atom. The molecule has 7 heteroatoms. The van der Waals surface area contributed by atoms with Crippen molar-refractivity contribution < 1.29 is 9.59 Å². The van der Waals surface area contributed by atoms with Crippen molar-refractivity contribution >= 4 is 11.8 Å². The molecule has 7 nitrogen and oxygen atoms in total. The van der Waals surface area contributed by atoms with E-state index in [9.17, 15) is 9.59 Å². The molecule has 1 aromatic rings. The maximum Gasteiger partial charge on any atom is 0.267 e. The van der Waals surface area contributed by atoms with Crippen LogP contribution in [0.25, 0.3) is 0 Å². The lowest BCUT2D eigenvalue weighted by Gasteiger charge is -2.01. The number of nitrogens with one attached hydrogen (secondary N) is 1. The highest BCUT2D eigenvalue weighted by Crippen LogP contribution is 2.05.